The first-order valence-corrected chi connectivity index (χ1v) is 18.5. The molecule has 12 heteroatoms. The second-order valence-electron chi connectivity index (χ2n) is 7.18. The molecule has 0 heterocycles. The van der Waals surface area contributed by atoms with Crippen molar-refractivity contribution in [1.29, 1.82) is 0 Å². The SMILES string of the molecule is COCCOCCOCCOCCOCCOCCOP(=O)([O-])OCC[As+](C)(C)C. The predicted molar refractivity (Wildman–Crippen MR) is 114 cm³/mol. The van der Waals surface area contributed by atoms with Crippen LogP contribution in [0.4, 0.5) is 0 Å². The molecule has 0 spiro atoms. The molecule has 0 amide bonds. The van der Waals surface area contributed by atoms with Crippen molar-refractivity contribution >= 4 is 21.4 Å². The van der Waals surface area contributed by atoms with Crippen molar-refractivity contribution in [1.82, 2.24) is 0 Å². The van der Waals surface area contributed by atoms with Crippen LogP contribution >= 0.6 is 7.82 Å². The van der Waals surface area contributed by atoms with Crippen molar-refractivity contribution in [3.8, 4) is 0 Å². The summed E-state index contributed by atoms with van der Waals surface area (Å²) in [7, 11) is -2.61. The molecule has 0 saturated heterocycles. The van der Waals surface area contributed by atoms with E-state index in [1.807, 2.05) is 0 Å². The fourth-order valence-electron chi connectivity index (χ4n) is 1.80. The fourth-order valence-corrected chi connectivity index (χ4v) is 4.14. The first-order valence-electron chi connectivity index (χ1n) is 10.0. The van der Waals surface area contributed by atoms with E-state index in [4.69, 9.17) is 37.5 Å². The summed E-state index contributed by atoms with van der Waals surface area (Å²) in [6, 6.07) is 0. The van der Waals surface area contributed by atoms with Gasteiger partial charge in [-0.25, -0.2) is 0 Å². The van der Waals surface area contributed by atoms with Crippen molar-refractivity contribution in [3.05, 3.63) is 0 Å². The fraction of sp³-hybridized carbons (Fsp3) is 1.00. The quantitative estimate of drug-likeness (QED) is 0.111. The Hall–Kier alpha value is 0.428. The van der Waals surface area contributed by atoms with Crippen LogP contribution in [0.5, 0.6) is 0 Å². The van der Waals surface area contributed by atoms with Crippen LogP contribution < -0.4 is 4.89 Å². The van der Waals surface area contributed by atoms with Gasteiger partial charge in [-0.2, -0.15) is 0 Å². The molecule has 0 aromatic carbocycles. The number of phosphoric ester groups is 1. The molecule has 0 aliphatic heterocycles. The van der Waals surface area contributed by atoms with Crippen LogP contribution in [0, 0.1) is 0 Å². The first kappa shape index (κ1) is 30.4. The number of hydrogen-bond acceptors (Lipinski definition) is 10. The zero-order valence-electron chi connectivity index (χ0n) is 18.9. The molecule has 0 aliphatic carbocycles. The summed E-state index contributed by atoms with van der Waals surface area (Å²) in [6.45, 7) is 5.11. The van der Waals surface area contributed by atoms with Crippen LogP contribution in [0.2, 0.25) is 22.3 Å². The summed E-state index contributed by atoms with van der Waals surface area (Å²) in [4.78, 5) is 11.6. The minimum atomic E-state index is -4.24. The molecule has 1 atom stereocenters. The Balaban J connectivity index is 3.26. The molecule has 0 bridgehead atoms. The Bertz CT molecular complexity index is 422. The molecule has 1 unspecified atom stereocenters. The Labute approximate surface area is 183 Å². The van der Waals surface area contributed by atoms with Crippen molar-refractivity contribution in [2.45, 2.75) is 22.3 Å². The number of methoxy groups -OCH3 is 1. The van der Waals surface area contributed by atoms with Gasteiger partial charge in [-0.05, 0) is 0 Å². The van der Waals surface area contributed by atoms with Crippen LogP contribution in [0.3, 0.4) is 0 Å². The van der Waals surface area contributed by atoms with Gasteiger partial charge in [0.15, 0.2) is 0 Å². The Morgan fingerprint density at radius 3 is 1.30 bits per heavy atom. The second kappa shape index (κ2) is 20.1. The average Bonchev–Trinajstić information content (AvgIpc) is 2.65. The molecule has 0 rings (SSSR count). The molecule has 0 saturated carbocycles. The van der Waals surface area contributed by atoms with E-state index >= 15 is 0 Å². The monoisotopic (exact) mass is 522 g/mol. The zero-order valence-corrected chi connectivity index (χ0v) is 21.6. The van der Waals surface area contributed by atoms with Crippen molar-refractivity contribution < 1.29 is 46.9 Å². The maximum absolute atomic E-state index is 11.6. The topological polar surface area (TPSA) is 114 Å². The molecule has 0 fully saturated rings. The molecule has 182 valence electrons. The second-order valence-corrected chi connectivity index (χ2v) is 19.1. The van der Waals surface area contributed by atoms with E-state index in [0.29, 0.717) is 66.1 Å². The summed E-state index contributed by atoms with van der Waals surface area (Å²) >= 11 is -1.66. The predicted octanol–water partition coefficient (Wildman–Crippen LogP) is 1.56. The van der Waals surface area contributed by atoms with Crippen LogP contribution in [0.15, 0.2) is 0 Å². The van der Waals surface area contributed by atoms with Gasteiger partial charge in [-0.1, -0.05) is 0 Å². The Morgan fingerprint density at radius 1 is 0.600 bits per heavy atom. The summed E-state index contributed by atoms with van der Waals surface area (Å²) in [5, 5.41) is 0.794. The molecule has 0 radical (unpaired) electrons. The van der Waals surface area contributed by atoms with Gasteiger partial charge in [0, 0.05) is 7.11 Å². The minimum absolute atomic E-state index is 0.0724. The van der Waals surface area contributed by atoms with Gasteiger partial charge in [0.05, 0.1) is 46.2 Å². The summed E-state index contributed by atoms with van der Waals surface area (Å²) in [5.74, 6) is 0. The van der Waals surface area contributed by atoms with Gasteiger partial charge in [-0.15, -0.1) is 0 Å². The summed E-state index contributed by atoms with van der Waals surface area (Å²) < 4.78 is 52.6. The number of phosphoric acid groups is 1. The van der Waals surface area contributed by atoms with Gasteiger partial charge in [0.2, 0.25) is 0 Å². The van der Waals surface area contributed by atoms with E-state index in [0.717, 1.165) is 5.21 Å². The van der Waals surface area contributed by atoms with E-state index < -0.39 is 21.4 Å². The standard InChI is InChI=1S/C18H40AsO10P/c1-19(2,3)5-6-28-30(20,21)29-18-17-27-16-15-26-14-13-25-12-11-24-10-9-23-8-7-22-4/h5-18H2,1-4H3. The van der Waals surface area contributed by atoms with Crippen molar-refractivity contribution in [2.75, 3.05) is 93.0 Å². The van der Waals surface area contributed by atoms with Gasteiger partial charge >= 0.3 is 111 Å². The number of rotatable bonds is 23. The van der Waals surface area contributed by atoms with Crippen LogP contribution in [0.1, 0.15) is 0 Å². The molecule has 0 aromatic heterocycles. The third-order valence-corrected chi connectivity index (χ3v) is 7.60. The van der Waals surface area contributed by atoms with Crippen LogP contribution in [-0.4, -0.2) is 107 Å². The van der Waals surface area contributed by atoms with E-state index in [1.54, 1.807) is 7.11 Å². The van der Waals surface area contributed by atoms with Crippen LogP contribution in [0.25, 0.3) is 0 Å². The zero-order chi connectivity index (χ0) is 22.6. The third-order valence-electron chi connectivity index (χ3n) is 3.41. The Kier molecular flexibility index (Phi) is 20.4. The molecule has 0 aromatic rings. The Morgan fingerprint density at radius 2 is 0.933 bits per heavy atom. The van der Waals surface area contributed by atoms with Crippen molar-refractivity contribution in [2.24, 2.45) is 0 Å². The third kappa shape index (κ3) is 24.7. The van der Waals surface area contributed by atoms with Crippen LogP contribution in [-0.2, 0) is 42.0 Å². The molecular weight excluding hydrogens is 482 g/mol. The average molecular weight is 522 g/mol. The normalized spacial score (nSPS) is 14.2. The van der Waals surface area contributed by atoms with Gasteiger partial charge in [-0.3, -0.25) is 0 Å². The van der Waals surface area contributed by atoms with Gasteiger partial charge < -0.3 is 18.9 Å². The van der Waals surface area contributed by atoms with Gasteiger partial charge in [0.1, 0.15) is 0 Å². The van der Waals surface area contributed by atoms with Gasteiger partial charge in [0.25, 0.3) is 0 Å². The molecule has 0 N–H and O–H groups in total. The maximum atomic E-state index is 11.6. The summed E-state index contributed by atoms with van der Waals surface area (Å²) in [6.07, 6.45) is 0. The van der Waals surface area contributed by atoms with E-state index in [2.05, 4.69) is 17.1 Å². The van der Waals surface area contributed by atoms with E-state index in [1.165, 1.54) is 0 Å². The first-order chi connectivity index (χ1) is 14.3. The van der Waals surface area contributed by atoms with Crippen molar-refractivity contribution in [3.63, 3.8) is 0 Å². The molecule has 10 nitrogen and oxygen atoms in total. The number of hydrogen-bond donors (Lipinski definition) is 0. The number of ether oxygens (including phenoxy) is 6. The molecule has 0 aliphatic rings. The summed E-state index contributed by atoms with van der Waals surface area (Å²) in [5.41, 5.74) is 6.54. The molecule has 30 heavy (non-hydrogen) atoms. The molecular formula is C18H40AsO10P. The van der Waals surface area contributed by atoms with E-state index in [-0.39, 0.29) is 19.8 Å². The van der Waals surface area contributed by atoms with E-state index in [9.17, 15) is 9.46 Å².